The normalized spacial score (nSPS) is 14.7. The van der Waals surface area contributed by atoms with Crippen LogP contribution in [0.3, 0.4) is 0 Å². The van der Waals surface area contributed by atoms with Crippen molar-refractivity contribution in [2.75, 3.05) is 39.6 Å². The van der Waals surface area contributed by atoms with Crippen LogP contribution >= 0.6 is 15.6 Å². The van der Waals surface area contributed by atoms with E-state index in [1.807, 2.05) is 0 Å². The van der Waals surface area contributed by atoms with Gasteiger partial charge >= 0.3 is 39.5 Å². The van der Waals surface area contributed by atoms with Crippen molar-refractivity contribution in [3.8, 4) is 0 Å². The van der Waals surface area contributed by atoms with Crippen molar-refractivity contribution >= 4 is 39.5 Å². The molecule has 0 saturated carbocycles. The number of ether oxygens (including phenoxy) is 4. The van der Waals surface area contributed by atoms with Crippen molar-refractivity contribution in [1.82, 2.24) is 0 Å². The molecule has 19 heteroatoms. The van der Waals surface area contributed by atoms with Crippen LogP contribution in [0.4, 0.5) is 0 Å². The first-order chi connectivity index (χ1) is 41.1. The molecule has 0 aromatic rings. The number of aliphatic hydroxyl groups is 1. The van der Waals surface area contributed by atoms with Gasteiger partial charge in [-0.3, -0.25) is 37.3 Å². The SMILES string of the molecule is CCC(C)CCCCCCCCC(=O)O[C@H](COC(=O)CCCCCCCCCCCCCCCC(C)C)COP(=O)(O)OCC(O)COP(=O)(O)OC[C@@H](COC(=O)CCCCCCCCCC(C)C)OC(=O)CCCCCCCCCC(C)C. The minimum atomic E-state index is -4.95. The lowest BCUT2D eigenvalue weighted by Crippen LogP contribution is -2.30. The van der Waals surface area contributed by atoms with Gasteiger partial charge in [0.05, 0.1) is 26.4 Å². The lowest BCUT2D eigenvalue weighted by Gasteiger charge is -2.21. The molecule has 0 aliphatic rings. The number of carbonyl (C=O) groups excluding carboxylic acids is 4. The van der Waals surface area contributed by atoms with E-state index in [9.17, 15) is 43.2 Å². The molecule has 4 unspecified atom stereocenters. The standard InChI is InChI=1S/C67H130O17P2/c1-9-60(8)46-38-30-25-26-34-42-50-67(72)84-63(54-77-64(69)47-39-31-22-16-14-12-10-11-13-15-19-27-35-43-57(2)3)56-82-86(75,76)80-52-61(68)51-79-85(73,74)81-55-62(83-66(71)49-41-33-24-18-21-29-37-45-59(6)7)53-78-65(70)48-40-32-23-17-20-28-36-44-58(4)5/h57-63,68H,9-56H2,1-8H3,(H,73,74)(H,75,76)/t60?,61?,62-,63-/m1/s1. The Bertz CT molecular complexity index is 1720. The van der Waals surface area contributed by atoms with E-state index in [2.05, 4.69) is 55.4 Å². The Morgan fingerprint density at radius 1 is 0.326 bits per heavy atom. The van der Waals surface area contributed by atoms with E-state index >= 15 is 0 Å². The first kappa shape index (κ1) is 84.1. The van der Waals surface area contributed by atoms with Crippen LogP contribution in [0.1, 0.15) is 325 Å². The van der Waals surface area contributed by atoms with Gasteiger partial charge in [0.15, 0.2) is 12.2 Å². The highest BCUT2D eigenvalue weighted by Gasteiger charge is 2.30. The number of carbonyl (C=O) groups is 4. The molecule has 17 nitrogen and oxygen atoms in total. The summed E-state index contributed by atoms with van der Waals surface area (Å²) in [6.07, 6.45) is 37.8. The summed E-state index contributed by atoms with van der Waals surface area (Å²) >= 11 is 0. The smallest absolute Gasteiger partial charge is 0.462 e. The van der Waals surface area contributed by atoms with Gasteiger partial charge in [-0.15, -0.1) is 0 Å². The van der Waals surface area contributed by atoms with Gasteiger partial charge in [-0.2, -0.15) is 0 Å². The molecule has 0 rings (SSSR count). The highest BCUT2D eigenvalue weighted by atomic mass is 31.2. The van der Waals surface area contributed by atoms with Crippen LogP contribution in [0.5, 0.6) is 0 Å². The molecule has 6 atom stereocenters. The third-order valence-electron chi connectivity index (χ3n) is 15.7. The Labute approximate surface area is 524 Å². The van der Waals surface area contributed by atoms with E-state index in [0.717, 1.165) is 108 Å². The number of unbranched alkanes of at least 4 members (excludes halogenated alkanes) is 29. The van der Waals surface area contributed by atoms with E-state index < -0.39 is 97.5 Å². The van der Waals surface area contributed by atoms with Crippen LogP contribution in [0.2, 0.25) is 0 Å². The second-order valence-electron chi connectivity index (χ2n) is 25.9. The van der Waals surface area contributed by atoms with E-state index in [0.29, 0.717) is 37.5 Å². The summed E-state index contributed by atoms with van der Waals surface area (Å²) in [4.78, 5) is 72.3. The van der Waals surface area contributed by atoms with Gasteiger partial charge in [-0.1, -0.05) is 274 Å². The van der Waals surface area contributed by atoms with Crippen LogP contribution in [-0.2, 0) is 65.4 Å². The zero-order valence-corrected chi connectivity index (χ0v) is 57.7. The maximum Gasteiger partial charge on any atom is 0.472 e. The fraction of sp³-hybridized carbons (Fsp3) is 0.940. The number of phosphoric ester groups is 2. The molecule has 0 heterocycles. The van der Waals surface area contributed by atoms with Crippen molar-refractivity contribution in [2.24, 2.45) is 23.7 Å². The van der Waals surface area contributed by atoms with E-state index in [1.165, 1.54) is 122 Å². The molecule has 86 heavy (non-hydrogen) atoms. The molecule has 3 N–H and O–H groups in total. The average molecular weight is 1270 g/mol. The summed E-state index contributed by atoms with van der Waals surface area (Å²) < 4.78 is 68.1. The summed E-state index contributed by atoms with van der Waals surface area (Å²) in [6, 6.07) is 0. The molecule has 0 spiro atoms. The highest BCUT2D eigenvalue weighted by molar-refractivity contribution is 7.47. The Hall–Kier alpha value is -1.94. The van der Waals surface area contributed by atoms with Crippen LogP contribution in [-0.4, -0.2) is 96.7 Å². The van der Waals surface area contributed by atoms with Crippen LogP contribution in [0, 0.1) is 23.7 Å². The molecule has 0 aliphatic carbocycles. The summed E-state index contributed by atoms with van der Waals surface area (Å²) in [5.74, 6) is 0.773. The Morgan fingerprint density at radius 2 is 0.558 bits per heavy atom. The Morgan fingerprint density at radius 3 is 0.826 bits per heavy atom. The molecule has 0 bridgehead atoms. The molecular formula is C67H130O17P2. The third kappa shape index (κ3) is 59.7. The van der Waals surface area contributed by atoms with Crippen molar-refractivity contribution in [1.29, 1.82) is 0 Å². The first-order valence-corrected chi connectivity index (χ1v) is 37.7. The second-order valence-corrected chi connectivity index (χ2v) is 28.8. The molecule has 0 aromatic heterocycles. The highest BCUT2D eigenvalue weighted by Crippen LogP contribution is 2.45. The fourth-order valence-corrected chi connectivity index (χ4v) is 11.5. The van der Waals surface area contributed by atoms with Crippen LogP contribution in [0.15, 0.2) is 0 Å². The molecule has 0 radical (unpaired) electrons. The number of phosphoric acid groups is 2. The van der Waals surface area contributed by atoms with Crippen LogP contribution < -0.4 is 0 Å². The average Bonchev–Trinajstić information content (AvgIpc) is 3.55. The van der Waals surface area contributed by atoms with Gasteiger partial charge in [0.2, 0.25) is 0 Å². The van der Waals surface area contributed by atoms with Crippen molar-refractivity contribution in [3.63, 3.8) is 0 Å². The number of aliphatic hydroxyl groups excluding tert-OH is 1. The van der Waals surface area contributed by atoms with Crippen molar-refractivity contribution in [3.05, 3.63) is 0 Å². The lowest BCUT2D eigenvalue weighted by molar-refractivity contribution is -0.161. The molecule has 0 aliphatic heterocycles. The predicted molar refractivity (Wildman–Crippen MR) is 344 cm³/mol. The molecule has 0 fully saturated rings. The van der Waals surface area contributed by atoms with E-state index in [1.54, 1.807) is 0 Å². The molecule has 0 aromatic carbocycles. The maximum atomic E-state index is 13.0. The van der Waals surface area contributed by atoms with Gasteiger partial charge < -0.3 is 33.8 Å². The van der Waals surface area contributed by atoms with Crippen molar-refractivity contribution < 1.29 is 80.2 Å². The third-order valence-corrected chi connectivity index (χ3v) is 17.6. The number of esters is 4. The number of hydrogen-bond donors (Lipinski definition) is 3. The fourth-order valence-electron chi connectivity index (χ4n) is 9.93. The lowest BCUT2D eigenvalue weighted by atomic mass is 10.00. The second kappa shape index (κ2) is 57.0. The summed E-state index contributed by atoms with van der Waals surface area (Å²) in [5, 5.41) is 10.6. The van der Waals surface area contributed by atoms with E-state index in [-0.39, 0.29) is 25.7 Å². The van der Waals surface area contributed by atoms with Gasteiger partial charge in [0, 0.05) is 25.7 Å². The maximum absolute atomic E-state index is 13.0. The topological polar surface area (TPSA) is 237 Å². The van der Waals surface area contributed by atoms with Gasteiger partial charge in [0.1, 0.15) is 19.3 Å². The molecule has 0 saturated heterocycles. The predicted octanol–water partition coefficient (Wildman–Crippen LogP) is 18.5. The van der Waals surface area contributed by atoms with E-state index in [4.69, 9.17) is 37.0 Å². The zero-order chi connectivity index (χ0) is 63.9. The van der Waals surface area contributed by atoms with Gasteiger partial charge in [-0.05, 0) is 49.4 Å². The number of hydrogen-bond acceptors (Lipinski definition) is 15. The monoisotopic (exact) mass is 1270 g/mol. The first-order valence-electron chi connectivity index (χ1n) is 34.7. The molecular weight excluding hydrogens is 1140 g/mol. The van der Waals surface area contributed by atoms with Gasteiger partial charge in [0.25, 0.3) is 0 Å². The van der Waals surface area contributed by atoms with Crippen LogP contribution in [0.25, 0.3) is 0 Å². The molecule has 0 amide bonds. The summed E-state index contributed by atoms with van der Waals surface area (Å²) in [5.41, 5.74) is 0. The zero-order valence-electron chi connectivity index (χ0n) is 55.9. The quantitative estimate of drug-likeness (QED) is 0.0222. The summed E-state index contributed by atoms with van der Waals surface area (Å²) in [6.45, 7) is 14.0. The Balaban J connectivity index is 5.21. The largest absolute Gasteiger partial charge is 0.472 e. The van der Waals surface area contributed by atoms with Crippen molar-refractivity contribution in [2.45, 2.75) is 343 Å². The minimum absolute atomic E-state index is 0.102. The van der Waals surface area contributed by atoms with Gasteiger partial charge in [-0.25, -0.2) is 9.13 Å². The molecule has 510 valence electrons. The minimum Gasteiger partial charge on any atom is -0.462 e. The summed E-state index contributed by atoms with van der Waals surface area (Å²) in [7, 11) is -9.89. The Kier molecular flexibility index (Phi) is 55.7. The number of rotatable bonds is 64.